The first-order valence-electron chi connectivity index (χ1n) is 9.32. The Hall–Kier alpha value is -2.87. The molecule has 8 heteroatoms. The standard InChI is InChI=1S/C21H25N3O4S/c1-14-5-9-17(10-6-14)29(26,27)24-23-19-12-7-15-13-16(8-11-18(15)19)22-20(25)28-21(2,3)4/h5-6,8-11,13,24H,7,12H2,1-4H3,(H,22,25)/b23-19+. The molecule has 2 aromatic carbocycles. The minimum absolute atomic E-state index is 0.169. The zero-order chi connectivity index (χ0) is 21.2. The van der Waals surface area contributed by atoms with Gasteiger partial charge in [-0.2, -0.15) is 18.4 Å². The van der Waals surface area contributed by atoms with Gasteiger partial charge in [-0.05, 0) is 70.4 Å². The third kappa shape index (κ3) is 5.35. The molecule has 3 rings (SSSR count). The molecule has 0 spiro atoms. The van der Waals surface area contributed by atoms with Crippen LogP contribution in [0.25, 0.3) is 0 Å². The summed E-state index contributed by atoms with van der Waals surface area (Å²) >= 11 is 0. The molecule has 0 saturated carbocycles. The summed E-state index contributed by atoms with van der Waals surface area (Å²) in [4.78, 5) is 14.4. The van der Waals surface area contributed by atoms with Gasteiger partial charge in [-0.1, -0.05) is 23.8 Å². The predicted octanol–water partition coefficient (Wildman–Crippen LogP) is 3.97. The second-order valence-corrected chi connectivity index (χ2v) is 9.63. The average Bonchev–Trinajstić information content (AvgIpc) is 3.01. The number of fused-ring (bicyclic) bond motifs is 1. The van der Waals surface area contributed by atoms with Crippen LogP contribution in [0.4, 0.5) is 10.5 Å². The summed E-state index contributed by atoms with van der Waals surface area (Å²) < 4.78 is 30.1. The third-order valence-corrected chi connectivity index (χ3v) is 5.55. The molecule has 0 aromatic heterocycles. The minimum atomic E-state index is -3.72. The van der Waals surface area contributed by atoms with Crippen molar-refractivity contribution >= 4 is 27.5 Å². The summed E-state index contributed by atoms with van der Waals surface area (Å²) in [5.74, 6) is 0. The minimum Gasteiger partial charge on any atom is -0.444 e. The number of benzene rings is 2. The first-order chi connectivity index (χ1) is 13.5. The summed E-state index contributed by atoms with van der Waals surface area (Å²) in [6.07, 6.45) is 0.807. The van der Waals surface area contributed by atoms with Crippen LogP contribution in [-0.2, 0) is 21.2 Å². The molecule has 0 saturated heterocycles. The lowest BCUT2D eigenvalue weighted by atomic mass is 10.1. The Morgan fingerprint density at radius 3 is 2.41 bits per heavy atom. The van der Waals surface area contributed by atoms with E-state index in [9.17, 15) is 13.2 Å². The first kappa shape index (κ1) is 20.9. The van der Waals surface area contributed by atoms with Gasteiger partial charge in [0.25, 0.3) is 10.0 Å². The summed E-state index contributed by atoms with van der Waals surface area (Å²) in [5, 5.41) is 6.85. The number of sulfonamides is 1. The molecule has 154 valence electrons. The highest BCUT2D eigenvalue weighted by Crippen LogP contribution is 2.26. The number of rotatable bonds is 4. The first-order valence-corrected chi connectivity index (χ1v) is 10.8. The fourth-order valence-electron chi connectivity index (χ4n) is 2.97. The van der Waals surface area contributed by atoms with Crippen molar-refractivity contribution in [2.45, 2.75) is 51.0 Å². The van der Waals surface area contributed by atoms with Gasteiger partial charge in [-0.25, -0.2) is 4.79 Å². The molecule has 0 unspecified atom stereocenters. The van der Waals surface area contributed by atoms with Crippen molar-refractivity contribution < 1.29 is 17.9 Å². The number of anilines is 1. The molecule has 0 aliphatic heterocycles. The second-order valence-electron chi connectivity index (χ2n) is 7.97. The predicted molar refractivity (Wildman–Crippen MR) is 113 cm³/mol. The molecule has 2 aromatic rings. The highest BCUT2D eigenvalue weighted by molar-refractivity contribution is 7.89. The van der Waals surface area contributed by atoms with E-state index in [2.05, 4.69) is 15.2 Å². The number of aryl methyl sites for hydroxylation is 2. The Morgan fingerprint density at radius 1 is 1.07 bits per heavy atom. The van der Waals surface area contributed by atoms with E-state index in [1.807, 2.05) is 19.1 Å². The SMILES string of the molecule is Cc1ccc(S(=O)(=O)N/N=C2\CCc3cc(NC(=O)OC(C)(C)C)ccc32)cc1. The maximum absolute atomic E-state index is 12.4. The molecule has 0 atom stereocenters. The van der Waals surface area contributed by atoms with Crippen molar-refractivity contribution in [3.05, 3.63) is 59.2 Å². The summed E-state index contributed by atoms with van der Waals surface area (Å²) in [7, 11) is -3.72. The highest BCUT2D eigenvalue weighted by Gasteiger charge is 2.21. The Labute approximate surface area is 171 Å². The lowest BCUT2D eigenvalue weighted by Crippen LogP contribution is -2.27. The maximum Gasteiger partial charge on any atom is 0.412 e. The molecule has 0 heterocycles. The number of carbonyl (C=O) groups is 1. The van der Waals surface area contributed by atoms with Crippen LogP contribution in [0, 0.1) is 6.92 Å². The number of hydrogen-bond acceptors (Lipinski definition) is 5. The smallest absolute Gasteiger partial charge is 0.412 e. The molecule has 1 amide bonds. The fourth-order valence-corrected chi connectivity index (χ4v) is 3.80. The molecule has 0 radical (unpaired) electrons. The Bertz CT molecular complexity index is 1050. The number of hydrazone groups is 1. The van der Waals surface area contributed by atoms with Crippen molar-refractivity contribution in [1.29, 1.82) is 0 Å². The largest absolute Gasteiger partial charge is 0.444 e. The number of carbonyl (C=O) groups excluding carboxylic acids is 1. The topological polar surface area (TPSA) is 96.9 Å². The maximum atomic E-state index is 12.4. The summed E-state index contributed by atoms with van der Waals surface area (Å²) in [6, 6.07) is 12.0. The van der Waals surface area contributed by atoms with Crippen LogP contribution in [0.15, 0.2) is 52.5 Å². The quantitative estimate of drug-likeness (QED) is 0.739. The number of ether oxygens (including phenoxy) is 1. The van der Waals surface area contributed by atoms with Gasteiger partial charge in [0, 0.05) is 11.3 Å². The molecule has 1 aliphatic rings. The number of nitrogens with zero attached hydrogens (tertiary/aromatic N) is 1. The zero-order valence-electron chi connectivity index (χ0n) is 16.9. The van der Waals surface area contributed by atoms with Crippen molar-refractivity contribution in [3.63, 3.8) is 0 Å². The highest BCUT2D eigenvalue weighted by atomic mass is 32.2. The second kappa shape index (κ2) is 7.87. The lowest BCUT2D eigenvalue weighted by Gasteiger charge is -2.19. The van der Waals surface area contributed by atoms with Crippen LogP contribution in [-0.4, -0.2) is 25.8 Å². The van der Waals surface area contributed by atoms with Gasteiger partial charge < -0.3 is 4.74 Å². The van der Waals surface area contributed by atoms with E-state index < -0.39 is 21.7 Å². The van der Waals surface area contributed by atoms with Gasteiger partial charge in [0.05, 0.1) is 10.6 Å². The van der Waals surface area contributed by atoms with E-state index in [-0.39, 0.29) is 4.90 Å². The van der Waals surface area contributed by atoms with Crippen LogP contribution >= 0.6 is 0 Å². The van der Waals surface area contributed by atoms with Crippen molar-refractivity contribution in [2.75, 3.05) is 5.32 Å². The summed E-state index contributed by atoms with van der Waals surface area (Å²) in [5.41, 5.74) is 3.56. The van der Waals surface area contributed by atoms with Gasteiger partial charge in [-0.15, -0.1) is 0 Å². The molecule has 1 aliphatic carbocycles. The molecule has 0 fully saturated rings. The zero-order valence-corrected chi connectivity index (χ0v) is 17.8. The number of hydrogen-bond donors (Lipinski definition) is 2. The molecular formula is C21H25N3O4S. The van der Waals surface area contributed by atoms with Gasteiger partial charge in [-0.3, -0.25) is 5.32 Å². The van der Waals surface area contributed by atoms with Crippen LogP contribution in [0.2, 0.25) is 0 Å². The molecular weight excluding hydrogens is 390 g/mol. The van der Waals surface area contributed by atoms with Gasteiger partial charge >= 0.3 is 6.09 Å². The molecule has 29 heavy (non-hydrogen) atoms. The van der Waals surface area contributed by atoms with Crippen LogP contribution < -0.4 is 10.1 Å². The van der Waals surface area contributed by atoms with Crippen LogP contribution in [0.5, 0.6) is 0 Å². The normalized spacial score (nSPS) is 15.1. The third-order valence-electron chi connectivity index (χ3n) is 4.32. The Morgan fingerprint density at radius 2 is 1.76 bits per heavy atom. The van der Waals surface area contributed by atoms with Crippen molar-refractivity contribution in [3.8, 4) is 0 Å². The average molecular weight is 416 g/mol. The Kier molecular flexibility index (Phi) is 5.66. The van der Waals surface area contributed by atoms with Crippen LogP contribution in [0.1, 0.15) is 43.9 Å². The van der Waals surface area contributed by atoms with Gasteiger partial charge in [0.2, 0.25) is 0 Å². The fraction of sp³-hybridized carbons (Fsp3) is 0.333. The van der Waals surface area contributed by atoms with E-state index in [0.717, 1.165) is 16.7 Å². The van der Waals surface area contributed by atoms with Crippen molar-refractivity contribution in [1.82, 2.24) is 4.83 Å². The summed E-state index contributed by atoms with van der Waals surface area (Å²) in [6.45, 7) is 7.30. The molecule has 0 bridgehead atoms. The van der Waals surface area contributed by atoms with E-state index in [1.54, 1.807) is 51.1 Å². The Balaban J connectivity index is 1.72. The molecule has 7 nitrogen and oxygen atoms in total. The lowest BCUT2D eigenvalue weighted by molar-refractivity contribution is 0.0636. The monoisotopic (exact) mass is 415 g/mol. The van der Waals surface area contributed by atoms with E-state index in [1.165, 1.54) is 0 Å². The molecule has 2 N–H and O–H groups in total. The van der Waals surface area contributed by atoms with Crippen LogP contribution in [0.3, 0.4) is 0 Å². The van der Waals surface area contributed by atoms with E-state index >= 15 is 0 Å². The van der Waals surface area contributed by atoms with Gasteiger partial charge in [0.15, 0.2) is 0 Å². The van der Waals surface area contributed by atoms with Gasteiger partial charge in [0.1, 0.15) is 5.60 Å². The van der Waals surface area contributed by atoms with Crippen molar-refractivity contribution in [2.24, 2.45) is 5.10 Å². The van der Waals surface area contributed by atoms with E-state index in [4.69, 9.17) is 4.74 Å². The number of amides is 1. The van der Waals surface area contributed by atoms with E-state index in [0.29, 0.717) is 24.2 Å². The number of nitrogens with one attached hydrogen (secondary N) is 2.